The zero-order valence-electron chi connectivity index (χ0n) is 9.38. The fraction of sp³-hybridized carbons (Fsp3) is 0. The molecule has 0 spiro atoms. The molecule has 3 heteroatoms. The summed E-state index contributed by atoms with van der Waals surface area (Å²) in [7, 11) is 0. The Morgan fingerprint density at radius 3 is 1.89 bits per heavy atom. The summed E-state index contributed by atoms with van der Waals surface area (Å²) >= 11 is 0. The van der Waals surface area contributed by atoms with Crippen LogP contribution in [0.3, 0.4) is 0 Å². The van der Waals surface area contributed by atoms with Crippen molar-refractivity contribution in [2.75, 3.05) is 0 Å². The van der Waals surface area contributed by atoms with Crippen molar-refractivity contribution in [3.8, 4) is 29.3 Å². The minimum atomic E-state index is 0.308. The predicted molar refractivity (Wildman–Crippen MR) is 66.0 cm³/mol. The first-order valence-electron chi connectivity index (χ1n) is 5.24. The second kappa shape index (κ2) is 4.83. The van der Waals surface area contributed by atoms with Crippen LogP contribution in [0.25, 0.3) is 11.1 Å². The molecule has 0 atom stereocenters. The van der Waals surface area contributed by atoms with E-state index in [9.17, 15) is 5.26 Å². The molecule has 0 aliphatic heterocycles. The molecular weight excluding hydrogens is 222 g/mol. The van der Waals surface area contributed by atoms with Gasteiger partial charge in [-0.1, -0.05) is 30.3 Å². The van der Waals surface area contributed by atoms with Gasteiger partial charge in [0.1, 0.15) is 12.1 Å². The molecule has 0 aliphatic rings. The fourth-order valence-electron chi connectivity index (χ4n) is 1.81. The summed E-state index contributed by atoms with van der Waals surface area (Å²) in [6.45, 7) is 0. The Morgan fingerprint density at radius 2 is 1.22 bits per heavy atom. The van der Waals surface area contributed by atoms with Crippen LogP contribution in [0.5, 0.6) is 0 Å². The van der Waals surface area contributed by atoms with Gasteiger partial charge in [-0.15, -0.1) is 0 Å². The maximum Gasteiger partial charge on any atom is 0.101 e. The molecule has 0 N–H and O–H groups in total. The average molecular weight is 229 g/mol. The highest BCUT2D eigenvalue weighted by Gasteiger charge is 2.12. The molecule has 0 bridgehead atoms. The highest BCUT2D eigenvalue weighted by atomic mass is 14.3. The first-order chi connectivity index (χ1) is 8.81. The largest absolute Gasteiger partial charge is 0.192 e. The summed E-state index contributed by atoms with van der Waals surface area (Å²) in [5, 5.41) is 27.2. The van der Waals surface area contributed by atoms with Crippen LogP contribution in [0, 0.1) is 34.0 Å². The van der Waals surface area contributed by atoms with Gasteiger partial charge in [-0.3, -0.25) is 0 Å². The topological polar surface area (TPSA) is 71.4 Å². The van der Waals surface area contributed by atoms with Gasteiger partial charge in [0.2, 0.25) is 0 Å². The van der Waals surface area contributed by atoms with Crippen molar-refractivity contribution in [2.24, 2.45) is 0 Å². The fourth-order valence-corrected chi connectivity index (χ4v) is 1.81. The Morgan fingerprint density at radius 1 is 0.611 bits per heavy atom. The molecule has 82 valence electrons. The van der Waals surface area contributed by atoms with E-state index in [0.717, 1.165) is 0 Å². The van der Waals surface area contributed by atoms with Crippen molar-refractivity contribution in [3.63, 3.8) is 0 Å². The van der Waals surface area contributed by atoms with E-state index in [0.29, 0.717) is 27.8 Å². The molecule has 2 aromatic rings. The van der Waals surface area contributed by atoms with Gasteiger partial charge >= 0.3 is 0 Å². The SMILES string of the molecule is N#Cc1ccccc1-c1cccc(C#N)c1C#N. The normalized spacial score (nSPS) is 8.94. The second-order valence-electron chi connectivity index (χ2n) is 3.61. The van der Waals surface area contributed by atoms with E-state index >= 15 is 0 Å². The molecular formula is C15H7N3. The maximum absolute atomic E-state index is 9.17. The van der Waals surface area contributed by atoms with Crippen molar-refractivity contribution in [1.82, 2.24) is 0 Å². The van der Waals surface area contributed by atoms with E-state index in [4.69, 9.17) is 10.5 Å². The number of nitriles is 3. The highest BCUT2D eigenvalue weighted by Crippen LogP contribution is 2.28. The number of benzene rings is 2. The summed E-state index contributed by atoms with van der Waals surface area (Å²) in [6, 6.07) is 18.2. The minimum absolute atomic E-state index is 0.308. The Kier molecular flexibility index (Phi) is 3.06. The van der Waals surface area contributed by atoms with Gasteiger partial charge in [-0.2, -0.15) is 15.8 Å². The zero-order valence-corrected chi connectivity index (χ0v) is 9.38. The lowest BCUT2D eigenvalue weighted by atomic mass is 9.94. The monoisotopic (exact) mass is 229 g/mol. The summed E-state index contributed by atoms with van der Waals surface area (Å²) < 4.78 is 0. The van der Waals surface area contributed by atoms with E-state index in [2.05, 4.69) is 6.07 Å². The van der Waals surface area contributed by atoms with Gasteiger partial charge in [0, 0.05) is 11.1 Å². The molecule has 0 saturated carbocycles. The minimum Gasteiger partial charge on any atom is -0.192 e. The van der Waals surface area contributed by atoms with Crippen LogP contribution in [0.4, 0.5) is 0 Å². The summed E-state index contributed by atoms with van der Waals surface area (Å²) in [6.07, 6.45) is 0. The van der Waals surface area contributed by atoms with Gasteiger partial charge in [0.15, 0.2) is 0 Å². The molecule has 0 amide bonds. The molecule has 0 aliphatic carbocycles. The van der Waals surface area contributed by atoms with Gasteiger partial charge in [-0.05, 0) is 12.1 Å². The number of rotatable bonds is 1. The lowest BCUT2D eigenvalue weighted by molar-refractivity contribution is 1.42. The number of hydrogen-bond acceptors (Lipinski definition) is 3. The van der Waals surface area contributed by atoms with Crippen LogP contribution in [0.2, 0.25) is 0 Å². The van der Waals surface area contributed by atoms with Gasteiger partial charge in [-0.25, -0.2) is 0 Å². The predicted octanol–water partition coefficient (Wildman–Crippen LogP) is 2.97. The third kappa shape index (κ3) is 1.80. The van der Waals surface area contributed by atoms with E-state index in [-0.39, 0.29) is 0 Å². The molecule has 18 heavy (non-hydrogen) atoms. The number of nitrogens with zero attached hydrogens (tertiary/aromatic N) is 3. The van der Waals surface area contributed by atoms with Crippen molar-refractivity contribution in [2.45, 2.75) is 0 Å². The smallest absolute Gasteiger partial charge is 0.101 e. The average Bonchev–Trinajstić information content (AvgIpc) is 2.46. The van der Waals surface area contributed by atoms with Crippen molar-refractivity contribution < 1.29 is 0 Å². The van der Waals surface area contributed by atoms with Gasteiger partial charge < -0.3 is 0 Å². The van der Waals surface area contributed by atoms with Crippen molar-refractivity contribution in [1.29, 1.82) is 15.8 Å². The van der Waals surface area contributed by atoms with Gasteiger partial charge in [0.25, 0.3) is 0 Å². The molecule has 3 nitrogen and oxygen atoms in total. The van der Waals surface area contributed by atoms with E-state index < -0.39 is 0 Å². The van der Waals surface area contributed by atoms with Crippen LogP contribution in [0.1, 0.15) is 16.7 Å². The Labute approximate surface area is 105 Å². The first kappa shape index (κ1) is 11.4. The zero-order chi connectivity index (χ0) is 13.0. The van der Waals surface area contributed by atoms with Gasteiger partial charge in [0.05, 0.1) is 22.8 Å². The first-order valence-corrected chi connectivity index (χ1v) is 5.24. The Balaban J connectivity index is 2.78. The van der Waals surface area contributed by atoms with Crippen LogP contribution in [0.15, 0.2) is 42.5 Å². The van der Waals surface area contributed by atoms with E-state index in [1.165, 1.54) is 0 Å². The van der Waals surface area contributed by atoms with Crippen molar-refractivity contribution >= 4 is 0 Å². The third-order valence-electron chi connectivity index (χ3n) is 2.63. The summed E-state index contributed by atoms with van der Waals surface area (Å²) in [5.41, 5.74) is 2.41. The molecule has 2 aromatic carbocycles. The summed E-state index contributed by atoms with van der Waals surface area (Å²) in [4.78, 5) is 0. The quantitative estimate of drug-likeness (QED) is 0.754. The number of hydrogen-bond donors (Lipinski definition) is 0. The molecule has 0 fully saturated rings. The molecule has 2 rings (SSSR count). The third-order valence-corrected chi connectivity index (χ3v) is 2.63. The highest BCUT2D eigenvalue weighted by molar-refractivity contribution is 5.77. The van der Waals surface area contributed by atoms with Crippen LogP contribution in [-0.2, 0) is 0 Å². The molecule has 0 unspecified atom stereocenters. The maximum atomic E-state index is 9.17. The van der Waals surface area contributed by atoms with Crippen LogP contribution < -0.4 is 0 Å². The van der Waals surface area contributed by atoms with Crippen LogP contribution >= 0.6 is 0 Å². The van der Waals surface area contributed by atoms with E-state index in [1.807, 2.05) is 12.1 Å². The van der Waals surface area contributed by atoms with Crippen molar-refractivity contribution in [3.05, 3.63) is 59.2 Å². The van der Waals surface area contributed by atoms with Crippen LogP contribution in [-0.4, -0.2) is 0 Å². The summed E-state index contributed by atoms with van der Waals surface area (Å²) in [5.74, 6) is 0. The molecule has 0 saturated heterocycles. The van der Waals surface area contributed by atoms with E-state index in [1.54, 1.807) is 42.5 Å². The molecule has 0 aromatic heterocycles. The lowest BCUT2D eigenvalue weighted by Crippen LogP contribution is -1.91. The standard InChI is InChI=1S/C15H7N3/c16-8-11-4-1-2-6-13(11)14-7-3-5-12(9-17)15(14)10-18/h1-7H. The molecule has 0 heterocycles. The lowest BCUT2D eigenvalue weighted by Gasteiger charge is -2.07. The molecule has 0 radical (unpaired) electrons. The Bertz CT molecular complexity index is 725. The second-order valence-corrected chi connectivity index (χ2v) is 3.61. The Hall–Kier alpha value is -3.09.